The molecule has 0 bridgehead atoms. The molecular formula is C26H28Cl2N2O2. The van der Waals surface area contributed by atoms with Crippen LogP contribution in [0.2, 0.25) is 0 Å². The smallest absolute Gasteiger partial charge is 0.213 e. The predicted molar refractivity (Wildman–Crippen MR) is 128 cm³/mol. The molecule has 0 radical (unpaired) electrons. The molecular weight excluding hydrogens is 443 g/mol. The Morgan fingerprint density at radius 2 is 1.56 bits per heavy atom. The summed E-state index contributed by atoms with van der Waals surface area (Å²) < 4.78 is 13.9. The molecule has 2 heterocycles. The van der Waals surface area contributed by atoms with Crippen molar-refractivity contribution >= 4 is 34.2 Å². The summed E-state index contributed by atoms with van der Waals surface area (Å²) in [5.74, 6) is 0.920. The van der Waals surface area contributed by atoms with Gasteiger partial charge in [0.05, 0.1) is 24.0 Å². The summed E-state index contributed by atoms with van der Waals surface area (Å²) >= 11 is 0. The lowest BCUT2D eigenvalue weighted by atomic mass is 9.95. The SMILES string of the molecule is C[n+]1c2ccccc2c(-c2ccccc2)c2cc(OCCN3CCOCC3)ccc21.Cl.[Cl-]. The number of nitrogens with zero attached hydrogens (tertiary/aromatic N) is 2. The molecule has 0 aliphatic carbocycles. The Labute approximate surface area is 201 Å². The number of aryl methyl sites for hydroxylation is 1. The van der Waals surface area contributed by atoms with Gasteiger partial charge in [0.1, 0.15) is 19.4 Å². The highest BCUT2D eigenvalue weighted by Crippen LogP contribution is 2.35. The molecule has 0 amide bonds. The van der Waals surface area contributed by atoms with Gasteiger partial charge in [-0.3, -0.25) is 4.90 Å². The molecule has 1 aliphatic heterocycles. The minimum absolute atomic E-state index is 0. The molecule has 0 atom stereocenters. The minimum atomic E-state index is 0. The van der Waals surface area contributed by atoms with Crippen molar-refractivity contribution in [3.63, 3.8) is 0 Å². The van der Waals surface area contributed by atoms with Crippen molar-refractivity contribution in [3.8, 4) is 16.9 Å². The highest BCUT2D eigenvalue weighted by Gasteiger charge is 2.19. The molecule has 4 nitrogen and oxygen atoms in total. The van der Waals surface area contributed by atoms with E-state index in [1.807, 2.05) is 0 Å². The highest BCUT2D eigenvalue weighted by molar-refractivity contribution is 6.07. The lowest BCUT2D eigenvalue weighted by molar-refractivity contribution is -0.617. The van der Waals surface area contributed by atoms with Gasteiger partial charge in [0, 0.05) is 37.3 Å². The fourth-order valence-electron chi connectivity index (χ4n) is 4.38. The Balaban J connectivity index is 0.00000144. The van der Waals surface area contributed by atoms with Crippen molar-refractivity contribution in [1.29, 1.82) is 0 Å². The summed E-state index contributed by atoms with van der Waals surface area (Å²) in [5, 5.41) is 2.47. The summed E-state index contributed by atoms with van der Waals surface area (Å²) in [4.78, 5) is 2.40. The van der Waals surface area contributed by atoms with Gasteiger partial charge in [-0.2, -0.15) is 4.57 Å². The number of fused-ring (bicyclic) bond motifs is 2. The van der Waals surface area contributed by atoms with Crippen LogP contribution >= 0.6 is 12.4 Å². The average Bonchev–Trinajstić information content (AvgIpc) is 2.81. The summed E-state index contributed by atoms with van der Waals surface area (Å²) in [6.45, 7) is 5.23. The Hall–Kier alpha value is -2.37. The molecule has 1 fully saturated rings. The predicted octanol–water partition coefficient (Wildman–Crippen LogP) is 1.62. The first-order chi connectivity index (χ1) is 14.8. The number of morpholine rings is 1. The van der Waals surface area contributed by atoms with Gasteiger partial charge >= 0.3 is 0 Å². The van der Waals surface area contributed by atoms with Crippen LogP contribution in [0.1, 0.15) is 0 Å². The third-order valence-electron chi connectivity index (χ3n) is 5.98. The quantitative estimate of drug-likeness (QED) is 0.327. The monoisotopic (exact) mass is 470 g/mol. The molecule has 32 heavy (non-hydrogen) atoms. The summed E-state index contributed by atoms with van der Waals surface area (Å²) in [6, 6.07) is 25.7. The molecule has 5 rings (SSSR count). The topological polar surface area (TPSA) is 25.6 Å². The normalized spacial score (nSPS) is 14.0. The molecule has 3 aromatic carbocycles. The Kier molecular flexibility index (Phi) is 8.32. The van der Waals surface area contributed by atoms with E-state index in [0.717, 1.165) is 38.6 Å². The van der Waals surface area contributed by atoms with E-state index in [1.54, 1.807) is 0 Å². The average molecular weight is 471 g/mol. The number of rotatable bonds is 5. The maximum atomic E-state index is 6.17. The zero-order valence-electron chi connectivity index (χ0n) is 18.2. The number of pyridine rings is 1. The molecule has 0 spiro atoms. The lowest BCUT2D eigenvalue weighted by Crippen LogP contribution is -3.00. The van der Waals surface area contributed by atoms with Gasteiger partial charge in [-0.15, -0.1) is 12.4 Å². The molecule has 0 saturated carbocycles. The largest absolute Gasteiger partial charge is 1.00 e. The Bertz CT molecular complexity index is 1180. The maximum absolute atomic E-state index is 6.17. The third-order valence-corrected chi connectivity index (χ3v) is 5.98. The first kappa shape index (κ1) is 24.3. The molecule has 0 unspecified atom stereocenters. The van der Waals surface area contributed by atoms with Gasteiger partial charge in [-0.25, -0.2) is 0 Å². The number of ether oxygens (including phenoxy) is 2. The van der Waals surface area contributed by atoms with Crippen LogP contribution < -0.4 is 21.7 Å². The number of hydrogen-bond donors (Lipinski definition) is 0. The number of halogens is 2. The van der Waals surface area contributed by atoms with Crippen molar-refractivity contribution in [2.45, 2.75) is 0 Å². The van der Waals surface area contributed by atoms with Crippen LogP contribution in [0.15, 0.2) is 72.8 Å². The van der Waals surface area contributed by atoms with Gasteiger partial charge in [0.25, 0.3) is 0 Å². The fraction of sp³-hybridized carbons (Fsp3) is 0.269. The van der Waals surface area contributed by atoms with Gasteiger partial charge in [0.15, 0.2) is 0 Å². The van der Waals surface area contributed by atoms with Crippen molar-refractivity contribution in [2.24, 2.45) is 7.05 Å². The third kappa shape index (κ3) is 4.84. The molecule has 0 N–H and O–H groups in total. The molecule has 168 valence electrons. The van der Waals surface area contributed by atoms with Crippen LogP contribution in [0, 0.1) is 0 Å². The standard InChI is InChI=1S/C26H27N2O2.2ClH/c1-27-24-10-6-5-9-22(24)26(20-7-3-2-4-8-20)23-19-21(11-12-25(23)27)30-18-15-28-13-16-29-17-14-28;;/h2-12,19H,13-18H2,1H3;2*1H/q+1;;/p-1. The molecule has 1 saturated heterocycles. The van der Waals surface area contributed by atoms with Crippen molar-refractivity contribution in [3.05, 3.63) is 72.8 Å². The van der Waals surface area contributed by atoms with Crippen LogP contribution in [0.25, 0.3) is 32.9 Å². The van der Waals surface area contributed by atoms with Crippen LogP contribution in [-0.4, -0.2) is 44.4 Å². The van der Waals surface area contributed by atoms with E-state index in [4.69, 9.17) is 9.47 Å². The number of aromatic nitrogens is 1. The second-order valence-electron chi connectivity index (χ2n) is 7.80. The van der Waals surface area contributed by atoms with Crippen LogP contribution in [-0.2, 0) is 11.8 Å². The molecule has 4 aromatic rings. The van der Waals surface area contributed by atoms with E-state index >= 15 is 0 Å². The van der Waals surface area contributed by atoms with Gasteiger partial charge in [0.2, 0.25) is 11.0 Å². The fourth-order valence-corrected chi connectivity index (χ4v) is 4.38. The van der Waals surface area contributed by atoms with E-state index in [1.165, 1.54) is 32.9 Å². The van der Waals surface area contributed by atoms with E-state index in [2.05, 4.69) is 89.3 Å². The van der Waals surface area contributed by atoms with Gasteiger partial charge in [-0.1, -0.05) is 42.5 Å². The summed E-state index contributed by atoms with van der Waals surface area (Å²) in [6.07, 6.45) is 0. The number of para-hydroxylation sites is 1. The van der Waals surface area contributed by atoms with Crippen LogP contribution in [0.3, 0.4) is 0 Å². The summed E-state index contributed by atoms with van der Waals surface area (Å²) in [5.41, 5.74) is 4.92. The van der Waals surface area contributed by atoms with Gasteiger partial charge in [-0.05, 0) is 23.8 Å². The second kappa shape index (κ2) is 11.0. The molecule has 1 aromatic heterocycles. The highest BCUT2D eigenvalue weighted by atomic mass is 35.5. The van der Waals surface area contributed by atoms with Crippen LogP contribution in [0.5, 0.6) is 5.75 Å². The van der Waals surface area contributed by atoms with Crippen molar-refractivity contribution in [1.82, 2.24) is 4.90 Å². The summed E-state index contributed by atoms with van der Waals surface area (Å²) in [7, 11) is 2.14. The maximum Gasteiger partial charge on any atom is 0.213 e. The van der Waals surface area contributed by atoms with Crippen molar-refractivity contribution in [2.75, 3.05) is 39.5 Å². The minimum Gasteiger partial charge on any atom is -1.00 e. The number of benzene rings is 3. The zero-order chi connectivity index (χ0) is 20.3. The van der Waals surface area contributed by atoms with Crippen LogP contribution in [0.4, 0.5) is 0 Å². The molecule has 6 heteroatoms. The van der Waals surface area contributed by atoms with E-state index in [-0.39, 0.29) is 24.8 Å². The van der Waals surface area contributed by atoms with Crippen molar-refractivity contribution < 1.29 is 26.4 Å². The second-order valence-corrected chi connectivity index (χ2v) is 7.80. The van der Waals surface area contributed by atoms with E-state index in [0.29, 0.717) is 6.61 Å². The van der Waals surface area contributed by atoms with E-state index < -0.39 is 0 Å². The first-order valence-electron chi connectivity index (χ1n) is 10.6. The number of hydrogen-bond acceptors (Lipinski definition) is 3. The molecule has 1 aliphatic rings. The lowest BCUT2D eigenvalue weighted by Gasteiger charge is -2.26. The zero-order valence-corrected chi connectivity index (χ0v) is 19.7. The van der Waals surface area contributed by atoms with E-state index in [9.17, 15) is 0 Å². The Morgan fingerprint density at radius 1 is 0.875 bits per heavy atom. The first-order valence-corrected chi connectivity index (χ1v) is 10.6. The Morgan fingerprint density at radius 3 is 2.34 bits per heavy atom. The van der Waals surface area contributed by atoms with Gasteiger partial charge < -0.3 is 21.9 Å².